The molecule has 0 atom stereocenters. The first-order valence-corrected chi connectivity index (χ1v) is 8.99. The quantitative estimate of drug-likeness (QED) is 0.531. The van der Waals surface area contributed by atoms with Crippen LogP contribution < -0.4 is 15.4 Å². The highest BCUT2D eigenvalue weighted by molar-refractivity contribution is 5.92. The van der Waals surface area contributed by atoms with Crippen LogP contribution >= 0.6 is 0 Å². The molecule has 0 saturated carbocycles. The fraction of sp³-hybridized carbons (Fsp3) is 0.632. The molecule has 0 fully saturated rings. The molecule has 1 amide bonds. The van der Waals surface area contributed by atoms with E-state index in [9.17, 15) is 4.79 Å². The Labute approximate surface area is 141 Å². The van der Waals surface area contributed by atoms with Gasteiger partial charge in [0.2, 0.25) is 5.91 Å². The molecule has 4 nitrogen and oxygen atoms in total. The van der Waals surface area contributed by atoms with Crippen LogP contribution in [0.3, 0.4) is 0 Å². The Morgan fingerprint density at radius 1 is 1.04 bits per heavy atom. The van der Waals surface area contributed by atoms with E-state index in [0.717, 1.165) is 37.2 Å². The van der Waals surface area contributed by atoms with E-state index in [4.69, 9.17) is 4.74 Å². The van der Waals surface area contributed by atoms with Crippen LogP contribution in [0.2, 0.25) is 0 Å². The number of unbranched alkanes of at least 4 members (excludes halogenated alkanes) is 5. The van der Waals surface area contributed by atoms with Crippen molar-refractivity contribution in [1.82, 2.24) is 5.32 Å². The number of nitrogens with one attached hydrogen (secondary N) is 2. The van der Waals surface area contributed by atoms with Crippen molar-refractivity contribution in [3.05, 3.63) is 24.3 Å². The van der Waals surface area contributed by atoms with Crippen molar-refractivity contribution in [2.24, 2.45) is 0 Å². The predicted octanol–water partition coefficient (Wildman–Crippen LogP) is 4.36. The third kappa shape index (κ3) is 9.95. The van der Waals surface area contributed by atoms with Gasteiger partial charge in [-0.15, -0.1) is 0 Å². The normalized spacial score (nSPS) is 10.5. The lowest BCUT2D eigenvalue weighted by Gasteiger charge is -2.09. The molecule has 1 aromatic rings. The third-order valence-electron chi connectivity index (χ3n) is 3.63. The van der Waals surface area contributed by atoms with E-state index in [2.05, 4.69) is 24.5 Å². The van der Waals surface area contributed by atoms with E-state index in [1.807, 2.05) is 24.3 Å². The molecule has 1 aromatic carbocycles. The number of rotatable bonds is 13. The first-order chi connectivity index (χ1) is 11.3. The number of carbonyl (C=O) groups is 1. The Balaban J connectivity index is 2.19. The third-order valence-corrected chi connectivity index (χ3v) is 3.63. The van der Waals surface area contributed by atoms with E-state index in [1.54, 1.807) is 0 Å². The standard InChI is InChI=1S/C19H32N2O2/c1-3-5-7-8-9-13-20-16-19(22)21-17-11-10-12-18(15-17)23-14-6-4-2/h10-12,15,20H,3-9,13-14,16H2,1-2H3,(H,21,22). The molecule has 130 valence electrons. The Hall–Kier alpha value is -1.55. The molecular formula is C19H32N2O2. The summed E-state index contributed by atoms with van der Waals surface area (Å²) < 4.78 is 5.65. The van der Waals surface area contributed by atoms with Gasteiger partial charge >= 0.3 is 0 Å². The number of hydrogen-bond donors (Lipinski definition) is 2. The lowest BCUT2D eigenvalue weighted by Crippen LogP contribution is -2.28. The molecular weight excluding hydrogens is 288 g/mol. The van der Waals surface area contributed by atoms with Gasteiger partial charge in [-0.2, -0.15) is 0 Å². The van der Waals surface area contributed by atoms with E-state index in [0.29, 0.717) is 13.2 Å². The zero-order chi connectivity index (χ0) is 16.8. The van der Waals surface area contributed by atoms with Crippen LogP contribution in [0, 0.1) is 0 Å². The zero-order valence-corrected chi connectivity index (χ0v) is 14.7. The van der Waals surface area contributed by atoms with Crippen LogP contribution in [0.4, 0.5) is 5.69 Å². The first-order valence-electron chi connectivity index (χ1n) is 8.99. The highest BCUT2D eigenvalue weighted by Crippen LogP contribution is 2.17. The summed E-state index contributed by atoms with van der Waals surface area (Å²) in [5.41, 5.74) is 0.786. The van der Waals surface area contributed by atoms with Gasteiger partial charge in [-0.05, 0) is 31.5 Å². The van der Waals surface area contributed by atoms with Crippen LogP contribution in [0.1, 0.15) is 58.8 Å². The molecule has 0 saturated heterocycles. The molecule has 0 aliphatic carbocycles. The van der Waals surface area contributed by atoms with Crippen LogP contribution in [0.15, 0.2) is 24.3 Å². The highest BCUT2D eigenvalue weighted by Gasteiger charge is 2.03. The topological polar surface area (TPSA) is 50.4 Å². The Morgan fingerprint density at radius 3 is 2.61 bits per heavy atom. The summed E-state index contributed by atoms with van der Waals surface area (Å²) in [5, 5.41) is 6.10. The molecule has 0 bridgehead atoms. The fourth-order valence-electron chi connectivity index (χ4n) is 2.26. The second-order valence-electron chi connectivity index (χ2n) is 5.87. The van der Waals surface area contributed by atoms with Gasteiger partial charge in [0.25, 0.3) is 0 Å². The molecule has 0 aromatic heterocycles. The number of anilines is 1. The second-order valence-corrected chi connectivity index (χ2v) is 5.87. The minimum atomic E-state index is -0.00994. The molecule has 4 heteroatoms. The van der Waals surface area contributed by atoms with Crippen molar-refractivity contribution in [2.45, 2.75) is 58.8 Å². The van der Waals surface area contributed by atoms with Gasteiger partial charge in [0.1, 0.15) is 5.75 Å². The second kappa shape index (κ2) is 12.9. The van der Waals surface area contributed by atoms with Gasteiger partial charge in [-0.3, -0.25) is 4.79 Å². The smallest absolute Gasteiger partial charge is 0.238 e. The maximum absolute atomic E-state index is 11.9. The Bertz CT molecular complexity index is 435. The summed E-state index contributed by atoms with van der Waals surface area (Å²) in [5.74, 6) is 0.796. The highest BCUT2D eigenvalue weighted by atomic mass is 16.5. The number of amides is 1. The SMILES string of the molecule is CCCCCCCNCC(=O)Nc1cccc(OCCCC)c1. The monoisotopic (exact) mass is 320 g/mol. The van der Waals surface area contributed by atoms with Crippen LogP contribution in [-0.2, 0) is 4.79 Å². The largest absolute Gasteiger partial charge is 0.494 e. The summed E-state index contributed by atoms with van der Waals surface area (Å²) >= 11 is 0. The molecule has 23 heavy (non-hydrogen) atoms. The lowest BCUT2D eigenvalue weighted by atomic mass is 10.1. The minimum Gasteiger partial charge on any atom is -0.494 e. The summed E-state index contributed by atoms with van der Waals surface area (Å²) in [6, 6.07) is 7.57. The average molecular weight is 320 g/mol. The summed E-state index contributed by atoms with van der Waals surface area (Å²) in [4.78, 5) is 11.9. The van der Waals surface area contributed by atoms with E-state index >= 15 is 0 Å². The first kappa shape index (κ1) is 19.5. The minimum absolute atomic E-state index is 0.00994. The van der Waals surface area contributed by atoms with Crippen molar-refractivity contribution in [1.29, 1.82) is 0 Å². The molecule has 0 unspecified atom stereocenters. The predicted molar refractivity (Wildman–Crippen MR) is 97.1 cm³/mol. The van der Waals surface area contributed by atoms with Crippen molar-refractivity contribution >= 4 is 11.6 Å². The lowest BCUT2D eigenvalue weighted by molar-refractivity contribution is -0.115. The Kier molecular flexibility index (Phi) is 11.0. The maximum Gasteiger partial charge on any atom is 0.238 e. The van der Waals surface area contributed by atoms with Gasteiger partial charge in [0, 0.05) is 11.8 Å². The van der Waals surface area contributed by atoms with Crippen molar-refractivity contribution in [3.8, 4) is 5.75 Å². The molecule has 0 spiro atoms. The molecule has 0 aliphatic heterocycles. The van der Waals surface area contributed by atoms with E-state index in [1.165, 1.54) is 25.7 Å². The van der Waals surface area contributed by atoms with Crippen molar-refractivity contribution in [2.75, 3.05) is 25.0 Å². The number of ether oxygens (including phenoxy) is 1. The van der Waals surface area contributed by atoms with Crippen molar-refractivity contribution in [3.63, 3.8) is 0 Å². The van der Waals surface area contributed by atoms with Gasteiger partial charge in [-0.25, -0.2) is 0 Å². The number of benzene rings is 1. The summed E-state index contributed by atoms with van der Waals surface area (Å²) in [6.07, 6.45) is 8.37. The molecule has 2 N–H and O–H groups in total. The van der Waals surface area contributed by atoms with Gasteiger partial charge in [0.15, 0.2) is 0 Å². The zero-order valence-electron chi connectivity index (χ0n) is 14.7. The number of hydrogen-bond acceptors (Lipinski definition) is 3. The number of carbonyl (C=O) groups excluding carboxylic acids is 1. The molecule has 0 aliphatic rings. The van der Waals surface area contributed by atoms with Crippen molar-refractivity contribution < 1.29 is 9.53 Å². The van der Waals surface area contributed by atoms with E-state index in [-0.39, 0.29) is 5.91 Å². The maximum atomic E-state index is 11.9. The van der Waals surface area contributed by atoms with Gasteiger partial charge in [-0.1, -0.05) is 52.0 Å². The van der Waals surface area contributed by atoms with Crippen LogP contribution in [0.25, 0.3) is 0 Å². The van der Waals surface area contributed by atoms with Crippen LogP contribution in [-0.4, -0.2) is 25.6 Å². The molecule has 0 heterocycles. The van der Waals surface area contributed by atoms with Gasteiger partial charge < -0.3 is 15.4 Å². The summed E-state index contributed by atoms with van der Waals surface area (Å²) in [6.45, 7) is 6.32. The molecule has 0 radical (unpaired) electrons. The average Bonchev–Trinajstić information content (AvgIpc) is 2.55. The summed E-state index contributed by atoms with van der Waals surface area (Å²) in [7, 11) is 0. The van der Waals surface area contributed by atoms with E-state index < -0.39 is 0 Å². The van der Waals surface area contributed by atoms with Crippen LogP contribution in [0.5, 0.6) is 5.75 Å². The fourth-order valence-corrected chi connectivity index (χ4v) is 2.26. The van der Waals surface area contributed by atoms with Gasteiger partial charge in [0.05, 0.1) is 13.2 Å². The Morgan fingerprint density at radius 2 is 1.83 bits per heavy atom. The molecule has 1 rings (SSSR count).